The highest BCUT2D eigenvalue weighted by Gasteiger charge is 2.49. The van der Waals surface area contributed by atoms with Crippen molar-refractivity contribution in [3.63, 3.8) is 0 Å². The van der Waals surface area contributed by atoms with Crippen molar-refractivity contribution >= 4 is 11.9 Å². The number of hydrogen-bond acceptors (Lipinski definition) is 2. The fourth-order valence-electron chi connectivity index (χ4n) is 3.25. The largest absolute Gasteiger partial charge is 0.481 e. The van der Waals surface area contributed by atoms with E-state index in [1.165, 1.54) is 0 Å². The number of carboxylic acids is 2. The van der Waals surface area contributed by atoms with Gasteiger partial charge in [0.2, 0.25) is 0 Å². The molecule has 102 valence electrons. The first kappa shape index (κ1) is 13.6. The van der Waals surface area contributed by atoms with Crippen LogP contribution in [0.1, 0.15) is 37.7 Å². The Labute approximate surface area is 112 Å². The van der Waals surface area contributed by atoms with E-state index in [1.807, 2.05) is 18.2 Å². The minimum Gasteiger partial charge on any atom is -0.481 e. The molecule has 0 bridgehead atoms. The fraction of sp³-hybridized carbons (Fsp3) is 0.467. The maximum atomic E-state index is 11.9. The maximum Gasteiger partial charge on any atom is 0.314 e. The van der Waals surface area contributed by atoms with E-state index in [0.29, 0.717) is 12.8 Å². The van der Waals surface area contributed by atoms with E-state index < -0.39 is 17.4 Å². The molecule has 0 heterocycles. The van der Waals surface area contributed by atoms with Crippen LogP contribution < -0.4 is 0 Å². The molecule has 0 amide bonds. The molecule has 0 aliphatic heterocycles. The lowest BCUT2D eigenvalue weighted by atomic mass is 9.61. The van der Waals surface area contributed by atoms with Crippen LogP contribution in [0, 0.1) is 5.92 Å². The average Bonchev–Trinajstić information content (AvgIpc) is 2.39. The number of carboxylic acid groups (broad SMARTS) is 2. The summed E-state index contributed by atoms with van der Waals surface area (Å²) in [6, 6.07) is 9.07. The minimum atomic E-state index is -1.04. The van der Waals surface area contributed by atoms with E-state index in [4.69, 9.17) is 5.11 Å². The van der Waals surface area contributed by atoms with E-state index in [-0.39, 0.29) is 12.3 Å². The van der Waals surface area contributed by atoms with Crippen molar-refractivity contribution in [1.29, 1.82) is 0 Å². The summed E-state index contributed by atoms with van der Waals surface area (Å²) in [6.07, 6.45) is 2.83. The van der Waals surface area contributed by atoms with Gasteiger partial charge in [-0.05, 0) is 24.3 Å². The van der Waals surface area contributed by atoms with E-state index >= 15 is 0 Å². The Morgan fingerprint density at radius 3 is 2.42 bits per heavy atom. The van der Waals surface area contributed by atoms with Crippen LogP contribution in [-0.2, 0) is 15.0 Å². The molecule has 2 rings (SSSR count). The second-order valence-electron chi connectivity index (χ2n) is 5.18. The topological polar surface area (TPSA) is 74.6 Å². The van der Waals surface area contributed by atoms with Crippen molar-refractivity contribution in [2.24, 2.45) is 5.92 Å². The highest BCUT2D eigenvalue weighted by molar-refractivity contribution is 5.83. The van der Waals surface area contributed by atoms with Gasteiger partial charge in [0.1, 0.15) is 0 Å². The van der Waals surface area contributed by atoms with Crippen LogP contribution in [0.25, 0.3) is 0 Å². The van der Waals surface area contributed by atoms with Crippen LogP contribution in [0.2, 0.25) is 0 Å². The predicted molar refractivity (Wildman–Crippen MR) is 70.0 cm³/mol. The van der Waals surface area contributed by atoms with Crippen molar-refractivity contribution in [3.8, 4) is 0 Å². The number of hydrogen-bond donors (Lipinski definition) is 2. The molecule has 1 aliphatic rings. The molecular weight excluding hydrogens is 244 g/mol. The molecule has 1 aromatic carbocycles. The molecule has 0 radical (unpaired) electrons. The molecule has 0 aromatic heterocycles. The second kappa shape index (κ2) is 5.43. The van der Waals surface area contributed by atoms with Gasteiger partial charge in [0, 0.05) is 6.42 Å². The third-order valence-corrected chi connectivity index (χ3v) is 4.16. The van der Waals surface area contributed by atoms with Gasteiger partial charge in [0.15, 0.2) is 0 Å². The Morgan fingerprint density at radius 1 is 1.16 bits per heavy atom. The molecule has 4 heteroatoms. The van der Waals surface area contributed by atoms with Crippen LogP contribution in [0.15, 0.2) is 30.3 Å². The van der Waals surface area contributed by atoms with Gasteiger partial charge in [-0.3, -0.25) is 9.59 Å². The molecule has 1 aliphatic carbocycles. The summed E-state index contributed by atoms with van der Waals surface area (Å²) in [5.41, 5.74) is -0.314. The lowest BCUT2D eigenvalue weighted by Crippen LogP contribution is -2.46. The lowest BCUT2D eigenvalue weighted by Gasteiger charge is -2.40. The van der Waals surface area contributed by atoms with Gasteiger partial charge < -0.3 is 10.2 Å². The Bertz CT molecular complexity index is 468. The summed E-state index contributed by atoms with van der Waals surface area (Å²) in [7, 11) is 0. The SMILES string of the molecule is O=C(O)CC1CCCCC1(C(=O)O)c1ccccc1. The van der Waals surface area contributed by atoms with Crippen molar-refractivity contribution in [3.05, 3.63) is 35.9 Å². The van der Waals surface area contributed by atoms with Crippen molar-refractivity contribution in [1.82, 2.24) is 0 Å². The summed E-state index contributed by atoms with van der Waals surface area (Å²) in [5, 5.41) is 18.8. The number of rotatable bonds is 4. The van der Waals surface area contributed by atoms with Crippen LogP contribution in [0.3, 0.4) is 0 Å². The normalized spacial score (nSPS) is 26.8. The Hall–Kier alpha value is -1.84. The third-order valence-electron chi connectivity index (χ3n) is 4.16. The van der Waals surface area contributed by atoms with Crippen molar-refractivity contribution in [2.75, 3.05) is 0 Å². The monoisotopic (exact) mass is 262 g/mol. The standard InChI is InChI=1S/C15H18O4/c16-13(17)10-12-8-4-5-9-15(12,14(18)19)11-6-2-1-3-7-11/h1-3,6-7,12H,4-5,8-10H2,(H,16,17)(H,18,19). The minimum absolute atomic E-state index is 0.0821. The molecule has 0 spiro atoms. The molecule has 4 nitrogen and oxygen atoms in total. The van der Waals surface area contributed by atoms with Crippen LogP contribution in [0.5, 0.6) is 0 Å². The maximum absolute atomic E-state index is 11.9. The molecular formula is C15H18O4. The summed E-state index contributed by atoms with van der Waals surface area (Å²) in [5.74, 6) is -2.16. The van der Waals surface area contributed by atoms with Gasteiger partial charge in [-0.2, -0.15) is 0 Å². The molecule has 2 unspecified atom stereocenters. The van der Waals surface area contributed by atoms with Crippen molar-refractivity contribution < 1.29 is 19.8 Å². The smallest absolute Gasteiger partial charge is 0.314 e. The van der Waals surface area contributed by atoms with Gasteiger partial charge in [0.05, 0.1) is 5.41 Å². The molecule has 1 fully saturated rings. The Morgan fingerprint density at radius 2 is 1.84 bits per heavy atom. The van der Waals surface area contributed by atoms with E-state index in [2.05, 4.69) is 0 Å². The van der Waals surface area contributed by atoms with Crippen molar-refractivity contribution in [2.45, 2.75) is 37.5 Å². The Kier molecular flexibility index (Phi) is 3.88. The van der Waals surface area contributed by atoms with E-state index in [1.54, 1.807) is 12.1 Å². The summed E-state index contributed by atoms with van der Waals surface area (Å²) in [6.45, 7) is 0. The first-order chi connectivity index (χ1) is 9.07. The van der Waals surface area contributed by atoms with Gasteiger partial charge in [0.25, 0.3) is 0 Å². The zero-order chi connectivity index (χ0) is 13.9. The predicted octanol–water partition coefficient (Wildman–Crippen LogP) is 2.67. The summed E-state index contributed by atoms with van der Waals surface area (Å²) in [4.78, 5) is 22.9. The first-order valence-electron chi connectivity index (χ1n) is 6.58. The van der Waals surface area contributed by atoms with Gasteiger partial charge >= 0.3 is 11.9 Å². The summed E-state index contributed by atoms with van der Waals surface area (Å²) < 4.78 is 0. The number of benzene rings is 1. The molecule has 2 atom stereocenters. The molecule has 0 saturated heterocycles. The quantitative estimate of drug-likeness (QED) is 0.874. The summed E-state index contributed by atoms with van der Waals surface area (Å²) >= 11 is 0. The molecule has 2 N–H and O–H groups in total. The van der Waals surface area contributed by atoms with Crippen LogP contribution >= 0.6 is 0 Å². The molecule has 19 heavy (non-hydrogen) atoms. The number of aliphatic carboxylic acids is 2. The average molecular weight is 262 g/mol. The molecule has 1 aromatic rings. The number of carbonyl (C=O) groups is 2. The van der Waals surface area contributed by atoms with Gasteiger partial charge in [-0.1, -0.05) is 43.2 Å². The second-order valence-corrected chi connectivity index (χ2v) is 5.18. The zero-order valence-corrected chi connectivity index (χ0v) is 10.7. The zero-order valence-electron chi connectivity index (χ0n) is 10.7. The van der Waals surface area contributed by atoms with Crippen LogP contribution in [-0.4, -0.2) is 22.2 Å². The fourth-order valence-corrected chi connectivity index (χ4v) is 3.25. The van der Waals surface area contributed by atoms with Gasteiger partial charge in [-0.15, -0.1) is 0 Å². The van der Waals surface area contributed by atoms with Gasteiger partial charge in [-0.25, -0.2) is 0 Å². The third kappa shape index (κ3) is 2.48. The first-order valence-corrected chi connectivity index (χ1v) is 6.58. The van der Waals surface area contributed by atoms with Crippen LogP contribution in [0.4, 0.5) is 0 Å². The molecule has 1 saturated carbocycles. The highest BCUT2D eigenvalue weighted by atomic mass is 16.4. The lowest BCUT2D eigenvalue weighted by molar-refractivity contribution is -0.150. The van der Waals surface area contributed by atoms with E-state index in [0.717, 1.165) is 18.4 Å². The highest BCUT2D eigenvalue weighted by Crippen LogP contribution is 2.45. The Balaban J connectivity index is 2.46. The van der Waals surface area contributed by atoms with E-state index in [9.17, 15) is 14.7 Å².